The molecular weight excluding hydrogens is 501 g/mol. The molecule has 3 amide bonds. The molecule has 0 bridgehead atoms. The number of carbonyl (C=O) groups excluding carboxylic acids is 3. The second kappa shape index (κ2) is 9.29. The van der Waals surface area contributed by atoms with Crippen LogP contribution < -0.4 is 15.5 Å². The van der Waals surface area contributed by atoms with E-state index in [1.54, 1.807) is 0 Å². The molecule has 0 spiro atoms. The molecule has 0 aromatic heterocycles. The summed E-state index contributed by atoms with van der Waals surface area (Å²) in [5, 5.41) is 4.86. The van der Waals surface area contributed by atoms with Crippen molar-refractivity contribution in [3.8, 4) is 0 Å². The van der Waals surface area contributed by atoms with Gasteiger partial charge in [0.2, 0.25) is 0 Å². The van der Waals surface area contributed by atoms with E-state index >= 15 is 0 Å². The van der Waals surface area contributed by atoms with E-state index in [1.807, 2.05) is 0 Å². The van der Waals surface area contributed by atoms with E-state index in [4.69, 9.17) is 11.6 Å². The van der Waals surface area contributed by atoms with Crippen LogP contribution in [0, 0.1) is 5.82 Å². The average molecular weight is 515 g/mol. The Balaban J connectivity index is 1.46. The van der Waals surface area contributed by atoms with Gasteiger partial charge in [0, 0.05) is 16.9 Å². The third-order valence-electron chi connectivity index (χ3n) is 4.94. The molecule has 0 unspecified atom stereocenters. The van der Waals surface area contributed by atoms with Gasteiger partial charge in [-0.2, -0.15) is 0 Å². The number of hydrogen-bond donors (Lipinski definition) is 2. The van der Waals surface area contributed by atoms with Crippen LogP contribution >= 0.6 is 11.6 Å². The largest absolute Gasteiger partial charge is 0.744 e. The highest BCUT2D eigenvalue weighted by atomic mass is 35.5. The van der Waals surface area contributed by atoms with Crippen molar-refractivity contribution < 1.29 is 31.7 Å². The van der Waals surface area contributed by atoms with Gasteiger partial charge in [-0.1, -0.05) is 23.7 Å². The van der Waals surface area contributed by atoms with Crippen molar-refractivity contribution in [2.24, 2.45) is 0 Å². The quantitative estimate of drug-likeness (QED) is 0.380. The van der Waals surface area contributed by atoms with Gasteiger partial charge in [0.15, 0.2) is 0 Å². The highest BCUT2D eigenvalue weighted by Crippen LogP contribution is 2.31. The van der Waals surface area contributed by atoms with Gasteiger partial charge in [0.1, 0.15) is 26.7 Å². The Morgan fingerprint density at radius 2 is 1.49 bits per heavy atom. The molecule has 0 atom stereocenters. The van der Waals surface area contributed by atoms with Crippen LogP contribution in [-0.4, -0.2) is 30.7 Å². The van der Waals surface area contributed by atoms with Gasteiger partial charge in [-0.25, -0.2) is 17.7 Å². The first kappa shape index (κ1) is 24.1. The second-order valence-electron chi connectivity index (χ2n) is 7.22. The molecule has 35 heavy (non-hydrogen) atoms. The van der Waals surface area contributed by atoms with Crippen molar-refractivity contribution in [3.63, 3.8) is 0 Å². The summed E-state index contributed by atoms with van der Waals surface area (Å²) in [6.45, 7) is 0. The highest BCUT2D eigenvalue weighted by Gasteiger charge is 2.40. The minimum absolute atomic E-state index is 0.220. The SMILES string of the molecule is O=C(Nc1ccc(S(=O)(=O)[O-])cc1)c1ccc(NC2=C(Cl)C(=O)N(c3ccccc3F)C2=O)cc1. The van der Waals surface area contributed by atoms with Gasteiger partial charge >= 0.3 is 0 Å². The fourth-order valence-corrected chi connectivity index (χ4v) is 3.90. The summed E-state index contributed by atoms with van der Waals surface area (Å²) in [7, 11) is -4.60. The number of nitrogens with one attached hydrogen (secondary N) is 2. The Labute approximate surface area is 203 Å². The van der Waals surface area contributed by atoms with Crippen LogP contribution in [0.25, 0.3) is 0 Å². The standard InChI is InChI=1S/C23H15ClFN3O6S/c24-19-20(23(31)28(22(19)30)18-4-2-1-3-17(18)25)26-14-7-5-13(6-8-14)21(29)27-15-9-11-16(12-10-15)35(32,33)34/h1-12,26H,(H,27,29)(H,32,33,34)/p-1. The Hall–Kier alpha value is -4.06. The third kappa shape index (κ3) is 4.92. The first-order chi connectivity index (χ1) is 16.6. The molecule has 12 heteroatoms. The fourth-order valence-electron chi connectivity index (χ4n) is 3.22. The first-order valence-electron chi connectivity index (χ1n) is 9.84. The molecule has 1 aliphatic heterocycles. The number of para-hydroxylation sites is 1. The number of anilines is 3. The summed E-state index contributed by atoms with van der Waals surface area (Å²) in [5.41, 5.74) is 0.343. The van der Waals surface area contributed by atoms with E-state index in [0.717, 1.165) is 18.2 Å². The molecule has 0 aliphatic carbocycles. The Morgan fingerprint density at radius 1 is 0.886 bits per heavy atom. The van der Waals surface area contributed by atoms with Crippen molar-refractivity contribution in [1.29, 1.82) is 0 Å². The fraction of sp³-hybridized carbons (Fsp3) is 0. The van der Waals surface area contributed by atoms with Gasteiger partial charge in [0.25, 0.3) is 17.7 Å². The Kier molecular flexibility index (Phi) is 6.39. The predicted octanol–water partition coefficient (Wildman–Crippen LogP) is 3.42. The lowest BCUT2D eigenvalue weighted by Crippen LogP contribution is -2.33. The zero-order valence-electron chi connectivity index (χ0n) is 17.5. The van der Waals surface area contributed by atoms with E-state index < -0.39 is 43.6 Å². The summed E-state index contributed by atoms with van der Waals surface area (Å²) in [6.07, 6.45) is 0. The topological polar surface area (TPSA) is 136 Å². The van der Waals surface area contributed by atoms with E-state index in [2.05, 4.69) is 10.6 Å². The molecule has 9 nitrogen and oxygen atoms in total. The molecule has 0 saturated heterocycles. The van der Waals surface area contributed by atoms with Crippen molar-refractivity contribution in [3.05, 3.63) is 94.9 Å². The van der Waals surface area contributed by atoms with Crippen LogP contribution in [0.4, 0.5) is 21.5 Å². The van der Waals surface area contributed by atoms with E-state index in [0.29, 0.717) is 10.6 Å². The molecule has 1 aliphatic rings. The molecule has 0 radical (unpaired) electrons. The molecule has 178 valence electrons. The Morgan fingerprint density at radius 3 is 2.09 bits per heavy atom. The summed E-state index contributed by atoms with van der Waals surface area (Å²) in [6, 6.07) is 15.8. The molecule has 3 aromatic rings. The van der Waals surface area contributed by atoms with Gasteiger partial charge in [-0.05, 0) is 60.7 Å². The van der Waals surface area contributed by atoms with Gasteiger partial charge < -0.3 is 15.2 Å². The summed E-state index contributed by atoms with van der Waals surface area (Å²) >= 11 is 6.04. The number of benzene rings is 3. The number of halogens is 2. The zero-order valence-corrected chi connectivity index (χ0v) is 19.1. The van der Waals surface area contributed by atoms with Gasteiger partial charge in [-0.3, -0.25) is 14.4 Å². The number of amides is 3. The number of imide groups is 1. The van der Waals surface area contributed by atoms with Crippen LogP contribution in [0.2, 0.25) is 0 Å². The lowest BCUT2D eigenvalue weighted by Gasteiger charge is -2.15. The molecule has 4 rings (SSSR count). The first-order valence-corrected chi connectivity index (χ1v) is 11.6. The third-order valence-corrected chi connectivity index (χ3v) is 6.14. The smallest absolute Gasteiger partial charge is 0.283 e. The van der Waals surface area contributed by atoms with Crippen LogP contribution in [0.15, 0.2) is 88.4 Å². The minimum atomic E-state index is -4.60. The van der Waals surface area contributed by atoms with Crippen molar-refractivity contribution in [1.82, 2.24) is 0 Å². The molecule has 0 saturated carbocycles. The summed E-state index contributed by atoms with van der Waals surface area (Å²) in [5.74, 6) is -3.00. The number of hydrogen-bond acceptors (Lipinski definition) is 7. The highest BCUT2D eigenvalue weighted by molar-refractivity contribution is 7.85. The zero-order chi connectivity index (χ0) is 25.3. The van der Waals surface area contributed by atoms with Crippen LogP contribution in [0.5, 0.6) is 0 Å². The molecule has 2 N–H and O–H groups in total. The van der Waals surface area contributed by atoms with Gasteiger partial charge in [-0.15, -0.1) is 0 Å². The molecule has 1 heterocycles. The molecule has 3 aromatic carbocycles. The Bertz CT molecular complexity index is 1490. The summed E-state index contributed by atoms with van der Waals surface area (Å²) in [4.78, 5) is 37.9. The minimum Gasteiger partial charge on any atom is -0.744 e. The number of carbonyl (C=O) groups is 3. The average Bonchev–Trinajstić information content (AvgIpc) is 3.03. The molecular formula is C23H14ClFN3O6S-. The number of rotatable bonds is 6. The van der Waals surface area contributed by atoms with Crippen molar-refractivity contribution >= 4 is 56.5 Å². The van der Waals surface area contributed by atoms with Crippen molar-refractivity contribution in [2.45, 2.75) is 4.90 Å². The second-order valence-corrected chi connectivity index (χ2v) is 8.98. The van der Waals surface area contributed by atoms with E-state index in [1.165, 1.54) is 54.6 Å². The lowest BCUT2D eigenvalue weighted by atomic mass is 10.2. The van der Waals surface area contributed by atoms with Crippen LogP contribution in [-0.2, 0) is 19.7 Å². The van der Waals surface area contributed by atoms with Gasteiger partial charge in [0.05, 0.1) is 10.6 Å². The number of nitrogens with zero attached hydrogens (tertiary/aromatic N) is 1. The summed E-state index contributed by atoms with van der Waals surface area (Å²) < 4.78 is 47.1. The monoisotopic (exact) mass is 514 g/mol. The maximum Gasteiger partial charge on any atom is 0.283 e. The van der Waals surface area contributed by atoms with E-state index in [-0.39, 0.29) is 22.6 Å². The van der Waals surface area contributed by atoms with E-state index in [9.17, 15) is 31.7 Å². The predicted molar refractivity (Wildman–Crippen MR) is 124 cm³/mol. The lowest BCUT2D eigenvalue weighted by molar-refractivity contribution is -0.120. The normalized spacial score (nSPS) is 13.9. The van der Waals surface area contributed by atoms with Crippen LogP contribution in [0.1, 0.15) is 10.4 Å². The maximum atomic E-state index is 14.1. The molecule has 0 fully saturated rings. The van der Waals surface area contributed by atoms with Crippen LogP contribution in [0.3, 0.4) is 0 Å². The van der Waals surface area contributed by atoms with Crippen molar-refractivity contribution in [2.75, 3.05) is 15.5 Å². The maximum absolute atomic E-state index is 14.1.